The van der Waals surface area contributed by atoms with Gasteiger partial charge in [0.15, 0.2) is 11.6 Å². The first kappa shape index (κ1) is 11.0. The highest BCUT2D eigenvalue weighted by Gasteiger charge is 1.99. The molecule has 1 aromatic heterocycles. The molecule has 12 heavy (non-hydrogen) atoms. The molecule has 4 nitrogen and oxygen atoms in total. The number of anilines is 1. The van der Waals surface area contributed by atoms with Crippen molar-refractivity contribution in [2.45, 2.75) is 20.5 Å². The second-order valence-electron chi connectivity index (χ2n) is 1.86. The van der Waals surface area contributed by atoms with E-state index >= 15 is 0 Å². The van der Waals surface area contributed by atoms with E-state index in [0.29, 0.717) is 6.61 Å². The van der Waals surface area contributed by atoms with Gasteiger partial charge in [-0.2, -0.15) is 0 Å². The van der Waals surface area contributed by atoms with Crippen LogP contribution in [0.5, 0.6) is 0 Å². The number of methoxy groups -OCH3 is 1. The maximum Gasteiger partial charge on any atom is 0.169 e. The van der Waals surface area contributed by atoms with Crippen LogP contribution < -0.4 is 5.32 Å². The molecule has 0 fully saturated rings. The average molecular weight is 172 g/mol. The van der Waals surface area contributed by atoms with Crippen molar-refractivity contribution in [3.63, 3.8) is 0 Å². The van der Waals surface area contributed by atoms with Gasteiger partial charge in [-0.25, -0.2) is 0 Å². The maximum atomic E-state index is 4.86. The van der Waals surface area contributed by atoms with Gasteiger partial charge in [0, 0.05) is 20.2 Å². The first-order chi connectivity index (χ1) is 5.86. The van der Waals surface area contributed by atoms with Gasteiger partial charge >= 0.3 is 0 Å². The highest BCUT2D eigenvalue weighted by atomic mass is 16.5. The Hall–Kier alpha value is -1.03. The van der Waals surface area contributed by atoms with Crippen LogP contribution in [-0.2, 0) is 11.3 Å². The fraction of sp³-hybridized carbons (Fsp3) is 0.625. The van der Waals surface area contributed by atoms with Gasteiger partial charge < -0.3 is 14.6 Å². The van der Waals surface area contributed by atoms with Crippen molar-refractivity contribution in [3.8, 4) is 0 Å². The summed E-state index contributed by atoms with van der Waals surface area (Å²) in [5.41, 5.74) is 0. The minimum atomic E-state index is 0.467. The Kier molecular flexibility index (Phi) is 6.09. The summed E-state index contributed by atoms with van der Waals surface area (Å²) >= 11 is 0. The Bertz CT molecular complexity index is 199. The van der Waals surface area contributed by atoms with Gasteiger partial charge in [-0.1, -0.05) is 19.0 Å². The lowest BCUT2D eigenvalue weighted by atomic mass is 10.5. The minimum absolute atomic E-state index is 0.467. The molecule has 1 N–H and O–H groups in total. The van der Waals surface area contributed by atoms with Gasteiger partial charge in [0.05, 0.1) is 0 Å². The van der Waals surface area contributed by atoms with E-state index in [2.05, 4.69) is 10.5 Å². The van der Waals surface area contributed by atoms with E-state index in [1.165, 1.54) is 0 Å². The van der Waals surface area contributed by atoms with Gasteiger partial charge in [0.25, 0.3) is 0 Å². The van der Waals surface area contributed by atoms with Crippen LogP contribution in [0.2, 0.25) is 0 Å². The van der Waals surface area contributed by atoms with Crippen molar-refractivity contribution in [2.24, 2.45) is 0 Å². The molecule has 0 saturated carbocycles. The SMILES string of the molecule is CC.CNc1cc(COC)on1. The molecule has 0 saturated heterocycles. The van der Waals surface area contributed by atoms with Crippen LogP contribution in [0, 0.1) is 0 Å². The van der Waals surface area contributed by atoms with Crippen LogP contribution in [0.1, 0.15) is 19.6 Å². The van der Waals surface area contributed by atoms with E-state index in [1.807, 2.05) is 13.8 Å². The van der Waals surface area contributed by atoms with E-state index in [9.17, 15) is 0 Å². The average Bonchev–Trinajstić information content (AvgIpc) is 2.57. The Balaban J connectivity index is 0.000000561. The monoisotopic (exact) mass is 172 g/mol. The number of hydrogen-bond donors (Lipinski definition) is 1. The van der Waals surface area contributed by atoms with E-state index < -0.39 is 0 Å². The molecule has 0 aliphatic carbocycles. The Morgan fingerprint density at radius 1 is 1.58 bits per heavy atom. The molecule has 0 spiro atoms. The summed E-state index contributed by atoms with van der Waals surface area (Å²) in [7, 11) is 3.40. The normalized spacial score (nSPS) is 8.67. The molecule has 0 aliphatic rings. The number of nitrogens with one attached hydrogen (secondary N) is 1. The Morgan fingerprint density at radius 3 is 2.67 bits per heavy atom. The number of nitrogens with zero attached hydrogens (tertiary/aromatic N) is 1. The molecule has 0 aliphatic heterocycles. The summed E-state index contributed by atoms with van der Waals surface area (Å²) in [5.74, 6) is 1.46. The largest absolute Gasteiger partial charge is 0.377 e. The number of aromatic nitrogens is 1. The molecule has 1 heterocycles. The van der Waals surface area contributed by atoms with E-state index in [4.69, 9.17) is 9.26 Å². The Labute approximate surface area is 72.9 Å². The fourth-order valence-electron chi connectivity index (χ4n) is 0.641. The predicted octanol–water partition coefficient (Wildman–Crippen LogP) is 1.89. The summed E-state index contributed by atoms with van der Waals surface area (Å²) < 4.78 is 9.68. The highest BCUT2D eigenvalue weighted by molar-refractivity contribution is 5.32. The topological polar surface area (TPSA) is 47.3 Å². The van der Waals surface area contributed by atoms with Crippen LogP contribution in [-0.4, -0.2) is 19.3 Å². The molecule has 1 aromatic rings. The second kappa shape index (κ2) is 6.67. The quantitative estimate of drug-likeness (QED) is 0.756. The molecule has 70 valence electrons. The zero-order chi connectivity index (χ0) is 9.40. The summed E-state index contributed by atoms with van der Waals surface area (Å²) in [6.07, 6.45) is 0. The Morgan fingerprint density at radius 2 is 2.25 bits per heavy atom. The fourth-order valence-corrected chi connectivity index (χ4v) is 0.641. The van der Waals surface area contributed by atoms with Gasteiger partial charge in [0.2, 0.25) is 0 Å². The van der Waals surface area contributed by atoms with Gasteiger partial charge in [-0.15, -0.1) is 0 Å². The maximum absolute atomic E-state index is 4.86. The summed E-state index contributed by atoms with van der Waals surface area (Å²) in [6.45, 7) is 4.47. The first-order valence-electron chi connectivity index (χ1n) is 3.99. The number of ether oxygens (including phenoxy) is 1. The number of rotatable bonds is 3. The third kappa shape index (κ3) is 3.39. The van der Waals surface area contributed by atoms with Gasteiger partial charge in [0.1, 0.15) is 6.61 Å². The predicted molar refractivity (Wildman–Crippen MR) is 48.1 cm³/mol. The zero-order valence-electron chi connectivity index (χ0n) is 8.05. The third-order valence-corrected chi connectivity index (χ3v) is 1.10. The van der Waals surface area contributed by atoms with Crippen LogP contribution in [0.3, 0.4) is 0 Å². The molecule has 0 bridgehead atoms. The number of hydrogen-bond acceptors (Lipinski definition) is 4. The zero-order valence-corrected chi connectivity index (χ0v) is 8.05. The van der Waals surface area contributed by atoms with Crippen molar-refractivity contribution in [1.29, 1.82) is 0 Å². The van der Waals surface area contributed by atoms with Crippen molar-refractivity contribution in [2.75, 3.05) is 19.5 Å². The van der Waals surface area contributed by atoms with Crippen LogP contribution >= 0.6 is 0 Å². The molecule has 0 atom stereocenters. The van der Waals surface area contributed by atoms with Crippen molar-refractivity contribution in [1.82, 2.24) is 5.16 Å². The molecule has 0 amide bonds. The summed E-state index contributed by atoms with van der Waals surface area (Å²) in [4.78, 5) is 0. The lowest BCUT2D eigenvalue weighted by Gasteiger charge is -1.87. The lowest BCUT2D eigenvalue weighted by molar-refractivity contribution is 0.156. The van der Waals surface area contributed by atoms with Crippen molar-refractivity contribution < 1.29 is 9.26 Å². The van der Waals surface area contributed by atoms with Crippen LogP contribution in [0.4, 0.5) is 5.82 Å². The molecule has 0 radical (unpaired) electrons. The van der Waals surface area contributed by atoms with E-state index in [0.717, 1.165) is 11.6 Å². The van der Waals surface area contributed by atoms with E-state index in [-0.39, 0.29) is 0 Å². The smallest absolute Gasteiger partial charge is 0.169 e. The molecule has 1 rings (SSSR count). The summed E-state index contributed by atoms with van der Waals surface area (Å²) in [5, 5.41) is 6.53. The van der Waals surface area contributed by atoms with E-state index in [1.54, 1.807) is 20.2 Å². The van der Waals surface area contributed by atoms with Gasteiger partial charge in [-0.3, -0.25) is 0 Å². The molecule has 4 heteroatoms. The molecule has 0 aromatic carbocycles. The van der Waals surface area contributed by atoms with Crippen LogP contribution in [0.25, 0.3) is 0 Å². The molecular weight excluding hydrogens is 156 g/mol. The first-order valence-corrected chi connectivity index (χ1v) is 3.99. The lowest BCUT2D eigenvalue weighted by Crippen LogP contribution is -1.85. The highest BCUT2D eigenvalue weighted by Crippen LogP contribution is 2.07. The summed E-state index contributed by atoms with van der Waals surface area (Å²) in [6, 6.07) is 1.80. The van der Waals surface area contributed by atoms with Crippen molar-refractivity contribution in [3.05, 3.63) is 11.8 Å². The molecular formula is C8H16N2O2. The van der Waals surface area contributed by atoms with Gasteiger partial charge in [-0.05, 0) is 0 Å². The standard InChI is InChI=1S/C6H10N2O2.C2H6/c1-7-6-3-5(4-9-2)10-8-6;1-2/h3H,4H2,1-2H3,(H,7,8);1-2H3. The van der Waals surface area contributed by atoms with Crippen LogP contribution in [0.15, 0.2) is 10.6 Å². The second-order valence-corrected chi connectivity index (χ2v) is 1.86. The third-order valence-electron chi connectivity index (χ3n) is 1.10. The minimum Gasteiger partial charge on any atom is -0.377 e. The molecule has 0 unspecified atom stereocenters. The van der Waals surface area contributed by atoms with Crippen molar-refractivity contribution >= 4 is 5.82 Å².